The lowest BCUT2D eigenvalue weighted by Gasteiger charge is -2.09. The largest absolute Gasteiger partial charge is 0.416 e. The summed E-state index contributed by atoms with van der Waals surface area (Å²) in [6.07, 6.45) is -2.02. The fourth-order valence-corrected chi connectivity index (χ4v) is 3.57. The summed E-state index contributed by atoms with van der Waals surface area (Å²) in [5.74, 6) is -0.0758. The molecule has 0 fully saturated rings. The quantitative estimate of drug-likeness (QED) is 0.593. The number of nitrogens with one attached hydrogen (secondary N) is 1. The summed E-state index contributed by atoms with van der Waals surface area (Å²) >= 11 is 1.21. The number of carbonyl (C=O) groups excluding carboxylic acids is 1. The molecule has 148 valence electrons. The number of rotatable bonds is 7. The van der Waals surface area contributed by atoms with Crippen molar-refractivity contribution in [1.82, 2.24) is 19.9 Å². The second kappa shape index (κ2) is 8.64. The van der Waals surface area contributed by atoms with Gasteiger partial charge in [-0.15, -0.1) is 0 Å². The zero-order valence-electron chi connectivity index (χ0n) is 15.2. The lowest BCUT2D eigenvalue weighted by molar-refractivity contribution is -0.137. The molecule has 3 rings (SSSR count). The van der Waals surface area contributed by atoms with Crippen molar-refractivity contribution in [2.45, 2.75) is 37.8 Å². The molecule has 2 aromatic heterocycles. The van der Waals surface area contributed by atoms with Gasteiger partial charge in [0.25, 0.3) is 0 Å². The zero-order valence-corrected chi connectivity index (χ0v) is 16.0. The number of halogens is 3. The Balaban J connectivity index is 1.73. The molecule has 0 atom stereocenters. The smallest absolute Gasteiger partial charge is 0.350 e. The van der Waals surface area contributed by atoms with E-state index in [2.05, 4.69) is 15.3 Å². The van der Waals surface area contributed by atoms with Crippen LogP contribution in [0.5, 0.6) is 0 Å². The first-order chi connectivity index (χ1) is 13.4. The van der Waals surface area contributed by atoms with E-state index in [0.29, 0.717) is 29.3 Å². The van der Waals surface area contributed by atoms with Crippen LogP contribution >= 0.6 is 11.8 Å². The number of carbonyl (C=O) groups is 1. The first-order valence-electron chi connectivity index (χ1n) is 8.75. The number of pyridine rings is 1. The molecular weight excluding hydrogens is 389 g/mol. The summed E-state index contributed by atoms with van der Waals surface area (Å²) in [4.78, 5) is 20.7. The molecular formula is C19H19F3N4OS. The van der Waals surface area contributed by atoms with Gasteiger partial charge in [0.2, 0.25) is 5.91 Å². The molecule has 0 spiro atoms. The maximum absolute atomic E-state index is 13.0. The van der Waals surface area contributed by atoms with Crippen molar-refractivity contribution in [2.24, 2.45) is 0 Å². The van der Waals surface area contributed by atoms with Gasteiger partial charge < -0.3 is 9.88 Å². The highest BCUT2D eigenvalue weighted by Crippen LogP contribution is 2.33. The van der Waals surface area contributed by atoms with Gasteiger partial charge in [-0.25, -0.2) is 4.98 Å². The molecule has 0 unspecified atom stereocenters. The number of aryl methyl sites for hydroxylation is 1. The normalized spacial score (nSPS) is 11.7. The number of nitrogens with zero attached hydrogens (tertiary/aromatic N) is 3. The van der Waals surface area contributed by atoms with E-state index in [1.54, 1.807) is 16.8 Å². The minimum Gasteiger partial charge on any atom is -0.350 e. The molecule has 0 bridgehead atoms. The summed E-state index contributed by atoms with van der Waals surface area (Å²) < 4.78 is 40.8. The van der Waals surface area contributed by atoms with Crippen molar-refractivity contribution < 1.29 is 18.0 Å². The average Bonchev–Trinajstić information content (AvgIpc) is 3.02. The second-order valence-electron chi connectivity index (χ2n) is 6.13. The van der Waals surface area contributed by atoms with Crippen LogP contribution < -0.4 is 5.32 Å². The number of imidazole rings is 1. The predicted molar refractivity (Wildman–Crippen MR) is 102 cm³/mol. The van der Waals surface area contributed by atoms with Crippen LogP contribution in [0.1, 0.15) is 24.6 Å². The first kappa shape index (κ1) is 20.2. The number of hydrogen-bond donors (Lipinski definition) is 1. The van der Waals surface area contributed by atoms with Crippen molar-refractivity contribution in [3.8, 4) is 0 Å². The van der Waals surface area contributed by atoms with Crippen molar-refractivity contribution in [2.75, 3.05) is 5.75 Å². The molecule has 1 aromatic carbocycles. The van der Waals surface area contributed by atoms with E-state index in [4.69, 9.17) is 0 Å². The number of fused-ring (bicyclic) bond motifs is 1. The van der Waals surface area contributed by atoms with Gasteiger partial charge in [0.1, 0.15) is 0 Å². The highest BCUT2D eigenvalue weighted by molar-refractivity contribution is 7.99. The third kappa shape index (κ3) is 4.83. The number of thioether (sulfide) groups is 1. The fraction of sp³-hybridized carbons (Fsp3) is 0.316. The lowest BCUT2D eigenvalue weighted by atomic mass is 10.2. The maximum atomic E-state index is 13.0. The van der Waals surface area contributed by atoms with Crippen molar-refractivity contribution in [1.29, 1.82) is 0 Å². The second-order valence-corrected chi connectivity index (χ2v) is 7.08. The number of amides is 1. The minimum atomic E-state index is -4.41. The minimum absolute atomic E-state index is 0.117. The maximum Gasteiger partial charge on any atom is 0.416 e. The van der Waals surface area contributed by atoms with Crippen LogP contribution in [0.25, 0.3) is 11.0 Å². The summed E-state index contributed by atoms with van der Waals surface area (Å²) in [5.41, 5.74) is 0.951. The van der Waals surface area contributed by atoms with Gasteiger partial charge >= 0.3 is 6.18 Å². The van der Waals surface area contributed by atoms with Gasteiger partial charge in [-0.3, -0.25) is 9.78 Å². The van der Waals surface area contributed by atoms with Crippen molar-refractivity contribution in [3.63, 3.8) is 0 Å². The molecule has 0 radical (unpaired) electrons. The van der Waals surface area contributed by atoms with Crippen LogP contribution in [0.2, 0.25) is 0 Å². The zero-order chi connectivity index (χ0) is 20.1. The van der Waals surface area contributed by atoms with Crippen LogP contribution in [-0.2, 0) is 24.1 Å². The SMILES string of the molecule is CCCn1c(SCC(=O)NCc2ccccn2)nc2ccc(C(F)(F)F)cc21. The Bertz CT molecular complexity index is 957. The number of alkyl halides is 3. The third-order valence-electron chi connectivity index (χ3n) is 4.01. The van der Waals surface area contributed by atoms with Crippen LogP contribution in [-0.4, -0.2) is 26.2 Å². The third-order valence-corrected chi connectivity index (χ3v) is 4.99. The molecule has 3 aromatic rings. The molecule has 1 N–H and O–H groups in total. The van der Waals surface area contributed by atoms with E-state index in [1.807, 2.05) is 19.1 Å². The molecule has 9 heteroatoms. The molecule has 28 heavy (non-hydrogen) atoms. The Hall–Kier alpha value is -2.55. The van der Waals surface area contributed by atoms with Gasteiger partial charge in [0, 0.05) is 12.7 Å². The van der Waals surface area contributed by atoms with E-state index in [0.717, 1.165) is 24.2 Å². The predicted octanol–water partition coefficient (Wildman–Crippen LogP) is 4.27. The Morgan fingerprint density at radius 2 is 2.07 bits per heavy atom. The van der Waals surface area contributed by atoms with E-state index in [-0.39, 0.29) is 11.7 Å². The van der Waals surface area contributed by atoms with Crippen LogP contribution in [0.4, 0.5) is 13.2 Å². The molecule has 1 amide bonds. The summed E-state index contributed by atoms with van der Waals surface area (Å²) in [6, 6.07) is 8.96. The molecule has 0 aliphatic rings. The van der Waals surface area contributed by atoms with Crippen LogP contribution in [0.15, 0.2) is 47.8 Å². The van der Waals surface area contributed by atoms with Gasteiger partial charge in [0.15, 0.2) is 5.16 Å². The number of aromatic nitrogens is 3. The molecule has 5 nitrogen and oxygen atoms in total. The standard InChI is InChI=1S/C19H19F3N4OS/c1-2-9-26-16-10-13(19(20,21)22)6-7-15(16)25-18(26)28-12-17(27)24-11-14-5-3-4-8-23-14/h3-8,10H,2,9,11-12H2,1H3,(H,24,27). The van der Waals surface area contributed by atoms with Crippen molar-refractivity contribution in [3.05, 3.63) is 53.9 Å². The van der Waals surface area contributed by atoms with Gasteiger partial charge in [-0.2, -0.15) is 13.2 Å². The number of benzene rings is 1. The Morgan fingerprint density at radius 3 is 2.75 bits per heavy atom. The molecule has 0 saturated carbocycles. The van der Waals surface area contributed by atoms with E-state index < -0.39 is 11.7 Å². The summed E-state index contributed by atoms with van der Waals surface area (Å²) in [7, 11) is 0. The Kier molecular flexibility index (Phi) is 6.23. The lowest BCUT2D eigenvalue weighted by Crippen LogP contribution is -2.25. The number of hydrogen-bond acceptors (Lipinski definition) is 4. The molecule has 2 heterocycles. The van der Waals surface area contributed by atoms with Gasteiger partial charge in [0.05, 0.1) is 34.6 Å². The molecule has 0 aliphatic carbocycles. The Morgan fingerprint density at radius 1 is 1.25 bits per heavy atom. The molecule has 0 saturated heterocycles. The highest BCUT2D eigenvalue weighted by atomic mass is 32.2. The monoisotopic (exact) mass is 408 g/mol. The van der Waals surface area contributed by atoms with E-state index in [9.17, 15) is 18.0 Å². The topological polar surface area (TPSA) is 59.8 Å². The van der Waals surface area contributed by atoms with E-state index in [1.165, 1.54) is 17.8 Å². The van der Waals surface area contributed by atoms with Crippen LogP contribution in [0, 0.1) is 0 Å². The summed E-state index contributed by atoms with van der Waals surface area (Å²) in [5, 5.41) is 3.31. The average molecular weight is 408 g/mol. The van der Waals surface area contributed by atoms with Crippen LogP contribution in [0.3, 0.4) is 0 Å². The highest BCUT2D eigenvalue weighted by Gasteiger charge is 2.31. The van der Waals surface area contributed by atoms with E-state index >= 15 is 0 Å². The van der Waals surface area contributed by atoms with Crippen molar-refractivity contribution >= 4 is 28.7 Å². The van der Waals surface area contributed by atoms with Gasteiger partial charge in [-0.05, 0) is 36.8 Å². The Labute approximate surface area is 164 Å². The summed E-state index contributed by atoms with van der Waals surface area (Å²) in [6.45, 7) is 2.78. The molecule has 0 aliphatic heterocycles. The fourth-order valence-electron chi connectivity index (χ4n) is 2.70. The first-order valence-corrected chi connectivity index (χ1v) is 9.74. The van der Waals surface area contributed by atoms with Gasteiger partial charge in [-0.1, -0.05) is 24.8 Å².